The summed E-state index contributed by atoms with van der Waals surface area (Å²) in [7, 11) is 0. The van der Waals surface area contributed by atoms with Crippen LogP contribution >= 0.6 is 11.3 Å². The summed E-state index contributed by atoms with van der Waals surface area (Å²) in [6.07, 6.45) is 0. The Balaban J connectivity index is 1.37. The largest absolute Gasteiger partial charge is 0.456 e. The first-order valence-corrected chi connectivity index (χ1v) is 14.5. The van der Waals surface area contributed by atoms with E-state index in [1.165, 1.54) is 70.0 Å². The molecule has 9 aromatic rings. The van der Waals surface area contributed by atoms with Gasteiger partial charge in [-0.15, -0.1) is 11.3 Å². The van der Waals surface area contributed by atoms with Crippen molar-refractivity contribution in [2.24, 2.45) is 0 Å². The average molecular weight is 527 g/mol. The Bertz CT molecular complexity index is 2380. The van der Waals surface area contributed by atoms with Crippen LogP contribution < -0.4 is 0 Å². The molecule has 0 atom stereocenters. The second-order valence-corrected chi connectivity index (χ2v) is 11.5. The first-order chi connectivity index (χ1) is 19.8. The summed E-state index contributed by atoms with van der Waals surface area (Å²) in [5.74, 6) is 0. The highest BCUT2D eigenvalue weighted by atomic mass is 32.1. The highest BCUT2D eigenvalue weighted by Crippen LogP contribution is 2.45. The van der Waals surface area contributed by atoms with Gasteiger partial charge in [-0.05, 0) is 102 Å². The molecule has 0 radical (unpaired) electrons. The van der Waals surface area contributed by atoms with E-state index in [0.717, 1.165) is 16.6 Å². The number of thiophene rings is 1. The molecule has 2 heterocycles. The fourth-order valence-electron chi connectivity index (χ4n) is 6.48. The van der Waals surface area contributed by atoms with Crippen molar-refractivity contribution in [3.63, 3.8) is 0 Å². The lowest BCUT2D eigenvalue weighted by atomic mass is 9.85. The number of hydrogen-bond acceptors (Lipinski definition) is 2. The molecule has 0 saturated heterocycles. The zero-order chi connectivity index (χ0) is 26.2. The molecule has 0 aliphatic carbocycles. The van der Waals surface area contributed by atoms with Gasteiger partial charge in [0, 0.05) is 15.5 Å². The fraction of sp³-hybridized carbons (Fsp3) is 0. The summed E-state index contributed by atoms with van der Waals surface area (Å²) in [6.45, 7) is 0. The number of furan rings is 1. The lowest BCUT2D eigenvalue weighted by Crippen LogP contribution is -1.91. The van der Waals surface area contributed by atoms with Gasteiger partial charge in [-0.3, -0.25) is 0 Å². The molecule has 0 unspecified atom stereocenters. The number of rotatable bonds is 2. The quantitative estimate of drug-likeness (QED) is 0.204. The second-order valence-electron chi connectivity index (χ2n) is 10.5. The predicted molar refractivity (Wildman–Crippen MR) is 172 cm³/mol. The van der Waals surface area contributed by atoms with Crippen LogP contribution in [0, 0.1) is 0 Å². The van der Waals surface area contributed by atoms with Crippen LogP contribution in [0.3, 0.4) is 0 Å². The molecule has 0 amide bonds. The molecule has 186 valence electrons. The van der Waals surface area contributed by atoms with Crippen LogP contribution in [0.25, 0.3) is 86.6 Å². The van der Waals surface area contributed by atoms with E-state index >= 15 is 0 Å². The van der Waals surface area contributed by atoms with Gasteiger partial charge in [0.05, 0.1) is 0 Å². The SMILES string of the molecule is c1ccc2cc(-c3c4ccccc4c(-c4ccc5oc6cc7sccc7cc6c5c4)c4ccccc34)ccc2c1. The van der Waals surface area contributed by atoms with Gasteiger partial charge in [-0.2, -0.15) is 0 Å². The minimum absolute atomic E-state index is 0.929. The third-order valence-electron chi connectivity index (χ3n) is 8.30. The van der Waals surface area contributed by atoms with Crippen molar-refractivity contribution >= 4 is 75.7 Å². The smallest absolute Gasteiger partial charge is 0.136 e. The Morgan fingerprint density at radius 2 is 1.00 bits per heavy atom. The first-order valence-electron chi connectivity index (χ1n) is 13.6. The van der Waals surface area contributed by atoms with Crippen molar-refractivity contribution in [1.82, 2.24) is 0 Å². The van der Waals surface area contributed by atoms with Crippen LogP contribution in [0.1, 0.15) is 0 Å². The molecule has 0 aliphatic heterocycles. The van der Waals surface area contributed by atoms with Gasteiger partial charge in [0.1, 0.15) is 11.2 Å². The van der Waals surface area contributed by atoms with Crippen LogP contribution in [0.4, 0.5) is 0 Å². The summed E-state index contributed by atoms with van der Waals surface area (Å²) in [5.41, 5.74) is 6.88. The van der Waals surface area contributed by atoms with Gasteiger partial charge in [-0.25, -0.2) is 0 Å². The third kappa shape index (κ3) is 3.14. The number of hydrogen-bond donors (Lipinski definition) is 0. The van der Waals surface area contributed by atoms with Gasteiger partial charge >= 0.3 is 0 Å². The minimum Gasteiger partial charge on any atom is -0.456 e. The summed E-state index contributed by atoms with van der Waals surface area (Å²) in [4.78, 5) is 0. The summed E-state index contributed by atoms with van der Waals surface area (Å²) in [6, 6.07) is 46.5. The summed E-state index contributed by atoms with van der Waals surface area (Å²) < 4.78 is 7.57. The monoisotopic (exact) mass is 526 g/mol. The summed E-state index contributed by atoms with van der Waals surface area (Å²) >= 11 is 1.75. The minimum atomic E-state index is 0.929. The Kier molecular flexibility index (Phi) is 4.55. The maximum atomic E-state index is 6.31. The molecule has 9 rings (SSSR count). The first kappa shape index (κ1) is 22.0. The Labute approximate surface area is 234 Å². The molecule has 0 bridgehead atoms. The van der Waals surface area contributed by atoms with E-state index < -0.39 is 0 Å². The van der Waals surface area contributed by atoms with E-state index in [-0.39, 0.29) is 0 Å². The highest BCUT2D eigenvalue weighted by Gasteiger charge is 2.18. The molecule has 7 aromatic carbocycles. The molecule has 0 aliphatic rings. The zero-order valence-electron chi connectivity index (χ0n) is 21.5. The standard InChI is InChI=1S/C38H22OS/c1-2-8-24-19-26(14-13-23(24)7-1)37-28-9-3-5-11-30(28)38(31-12-6-4-10-29(31)37)27-15-16-34-32(21-27)33-20-25-17-18-40-36(25)22-35(33)39-34/h1-22H. The Morgan fingerprint density at radius 1 is 0.400 bits per heavy atom. The normalized spacial score (nSPS) is 12.0. The van der Waals surface area contributed by atoms with Crippen LogP contribution in [0.15, 0.2) is 137 Å². The molecule has 0 fully saturated rings. The van der Waals surface area contributed by atoms with Crippen molar-refractivity contribution < 1.29 is 4.42 Å². The zero-order valence-corrected chi connectivity index (χ0v) is 22.3. The maximum Gasteiger partial charge on any atom is 0.136 e. The molecule has 0 saturated carbocycles. The molecule has 0 N–H and O–H groups in total. The lowest BCUT2D eigenvalue weighted by Gasteiger charge is -2.18. The van der Waals surface area contributed by atoms with E-state index in [2.05, 4.69) is 133 Å². The second kappa shape index (κ2) is 8.29. The van der Waals surface area contributed by atoms with Gasteiger partial charge in [0.25, 0.3) is 0 Å². The molecular weight excluding hydrogens is 504 g/mol. The molecular formula is C38H22OS. The van der Waals surface area contributed by atoms with Gasteiger partial charge in [0.15, 0.2) is 0 Å². The number of fused-ring (bicyclic) bond motifs is 7. The molecule has 0 spiro atoms. The van der Waals surface area contributed by atoms with Crippen LogP contribution in [0.2, 0.25) is 0 Å². The van der Waals surface area contributed by atoms with Crippen molar-refractivity contribution in [1.29, 1.82) is 0 Å². The molecule has 40 heavy (non-hydrogen) atoms. The Hall–Kier alpha value is -4.92. The molecule has 1 nitrogen and oxygen atoms in total. The average Bonchev–Trinajstić information content (AvgIpc) is 3.61. The van der Waals surface area contributed by atoms with Gasteiger partial charge < -0.3 is 4.42 Å². The van der Waals surface area contributed by atoms with E-state index in [9.17, 15) is 0 Å². The van der Waals surface area contributed by atoms with Crippen LogP contribution in [0.5, 0.6) is 0 Å². The number of benzene rings is 7. The van der Waals surface area contributed by atoms with Crippen molar-refractivity contribution in [2.75, 3.05) is 0 Å². The molecule has 2 aromatic heterocycles. The van der Waals surface area contributed by atoms with Crippen molar-refractivity contribution in [2.45, 2.75) is 0 Å². The van der Waals surface area contributed by atoms with Gasteiger partial charge in [0.2, 0.25) is 0 Å². The van der Waals surface area contributed by atoms with Crippen molar-refractivity contribution in [3.8, 4) is 22.3 Å². The lowest BCUT2D eigenvalue weighted by molar-refractivity contribution is 0.669. The fourth-order valence-corrected chi connectivity index (χ4v) is 7.28. The maximum absolute atomic E-state index is 6.31. The van der Waals surface area contributed by atoms with E-state index in [1.807, 2.05) is 0 Å². The van der Waals surface area contributed by atoms with Crippen molar-refractivity contribution in [3.05, 3.63) is 133 Å². The summed E-state index contributed by atoms with van der Waals surface area (Å²) in [5, 5.41) is 13.3. The third-order valence-corrected chi connectivity index (χ3v) is 9.18. The topological polar surface area (TPSA) is 13.1 Å². The van der Waals surface area contributed by atoms with E-state index in [4.69, 9.17) is 4.42 Å². The van der Waals surface area contributed by atoms with Crippen LogP contribution in [-0.2, 0) is 0 Å². The predicted octanol–water partition coefficient (Wildman–Crippen LogP) is 11.6. The van der Waals surface area contributed by atoms with Gasteiger partial charge in [-0.1, -0.05) is 91.0 Å². The molecule has 2 heteroatoms. The van der Waals surface area contributed by atoms with Crippen LogP contribution in [-0.4, -0.2) is 0 Å². The Morgan fingerprint density at radius 3 is 1.73 bits per heavy atom. The van der Waals surface area contributed by atoms with E-state index in [0.29, 0.717) is 0 Å². The van der Waals surface area contributed by atoms with E-state index in [1.54, 1.807) is 11.3 Å². The highest BCUT2D eigenvalue weighted by molar-refractivity contribution is 7.17.